The van der Waals surface area contributed by atoms with E-state index in [1.807, 2.05) is 12.1 Å². The summed E-state index contributed by atoms with van der Waals surface area (Å²) in [6, 6.07) is 6.82. The van der Waals surface area contributed by atoms with Crippen LogP contribution in [-0.2, 0) is 9.53 Å². The minimum absolute atomic E-state index is 0.0805. The highest BCUT2D eigenvalue weighted by Crippen LogP contribution is 2.20. The number of nitrogens with one attached hydrogen (secondary N) is 1. The van der Waals surface area contributed by atoms with E-state index in [1.54, 1.807) is 19.2 Å². The normalized spacial score (nSPS) is 14.9. The van der Waals surface area contributed by atoms with Crippen molar-refractivity contribution >= 4 is 17.7 Å². The lowest BCUT2D eigenvalue weighted by molar-refractivity contribution is -0.137. The van der Waals surface area contributed by atoms with E-state index < -0.39 is 5.97 Å². The highest BCUT2D eigenvalue weighted by molar-refractivity contribution is 5.89. The predicted octanol–water partition coefficient (Wildman–Crippen LogP) is 2.43. The fourth-order valence-corrected chi connectivity index (χ4v) is 2.35. The highest BCUT2D eigenvalue weighted by atomic mass is 16.5. The van der Waals surface area contributed by atoms with Crippen LogP contribution in [0.2, 0.25) is 0 Å². The molecule has 0 aliphatic carbocycles. The summed E-state index contributed by atoms with van der Waals surface area (Å²) in [5, 5.41) is 11.3. The standard InChI is InChI=1S/C17H24N2O5/c1-19(9-6-16(20)21)17(22)18-14-2-4-15(5-3-14)24-12-13-7-10-23-11-8-13/h2-5,13H,6-12H2,1H3,(H,18,22)(H,20,21). The number of carbonyl (C=O) groups excluding carboxylic acids is 1. The quantitative estimate of drug-likeness (QED) is 0.798. The Balaban J connectivity index is 1.76. The van der Waals surface area contributed by atoms with Crippen molar-refractivity contribution in [2.75, 3.05) is 38.7 Å². The van der Waals surface area contributed by atoms with Gasteiger partial charge < -0.3 is 24.8 Å². The van der Waals surface area contributed by atoms with Gasteiger partial charge in [0.25, 0.3) is 0 Å². The summed E-state index contributed by atoms with van der Waals surface area (Å²) in [4.78, 5) is 23.8. The van der Waals surface area contributed by atoms with Crippen LogP contribution in [0.1, 0.15) is 19.3 Å². The maximum absolute atomic E-state index is 11.9. The summed E-state index contributed by atoms with van der Waals surface area (Å²) in [5.41, 5.74) is 0.639. The summed E-state index contributed by atoms with van der Waals surface area (Å²) >= 11 is 0. The summed E-state index contributed by atoms with van der Waals surface area (Å²) in [6.45, 7) is 2.43. The zero-order valence-corrected chi connectivity index (χ0v) is 13.9. The van der Waals surface area contributed by atoms with E-state index in [4.69, 9.17) is 14.6 Å². The Morgan fingerprint density at radius 2 is 1.96 bits per heavy atom. The SMILES string of the molecule is CN(CCC(=O)O)C(=O)Nc1ccc(OCC2CCOCC2)cc1. The number of nitrogens with zero attached hydrogens (tertiary/aromatic N) is 1. The largest absolute Gasteiger partial charge is 0.493 e. The summed E-state index contributed by atoms with van der Waals surface area (Å²) in [6.07, 6.45) is 1.97. The lowest BCUT2D eigenvalue weighted by Gasteiger charge is -2.22. The Kier molecular flexibility index (Phi) is 6.87. The molecule has 7 nitrogen and oxygen atoms in total. The number of urea groups is 1. The molecule has 1 fully saturated rings. The highest BCUT2D eigenvalue weighted by Gasteiger charge is 2.14. The van der Waals surface area contributed by atoms with Crippen molar-refractivity contribution in [1.29, 1.82) is 0 Å². The van der Waals surface area contributed by atoms with Gasteiger partial charge in [0, 0.05) is 32.5 Å². The Hall–Kier alpha value is -2.28. The van der Waals surface area contributed by atoms with Gasteiger partial charge in [-0.15, -0.1) is 0 Å². The van der Waals surface area contributed by atoms with Crippen LogP contribution in [0.25, 0.3) is 0 Å². The van der Waals surface area contributed by atoms with E-state index in [1.165, 1.54) is 4.90 Å². The molecule has 132 valence electrons. The predicted molar refractivity (Wildman–Crippen MR) is 89.4 cm³/mol. The van der Waals surface area contributed by atoms with Gasteiger partial charge in [0.2, 0.25) is 0 Å². The second-order valence-electron chi connectivity index (χ2n) is 5.89. The van der Waals surface area contributed by atoms with E-state index >= 15 is 0 Å². The average molecular weight is 336 g/mol. The third-order valence-electron chi connectivity index (χ3n) is 3.94. The maximum atomic E-state index is 11.9. The van der Waals surface area contributed by atoms with Crippen LogP contribution in [0.4, 0.5) is 10.5 Å². The first-order valence-electron chi connectivity index (χ1n) is 8.09. The molecule has 0 unspecified atom stereocenters. The van der Waals surface area contributed by atoms with Gasteiger partial charge in [0.1, 0.15) is 5.75 Å². The van der Waals surface area contributed by atoms with E-state index in [0.717, 1.165) is 31.8 Å². The number of aliphatic carboxylic acids is 1. The number of hydrogen-bond donors (Lipinski definition) is 2. The molecule has 1 aliphatic rings. The van der Waals surface area contributed by atoms with E-state index in [-0.39, 0.29) is 19.0 Å². The van der Waals surface area contributed by atoms with Gasteiger partial charge in [0.05, 0.1) is 13.0 Å². The molecule has 2 N–H and O–H groups in total. The molecule has 0 radical (unpaired) electrons. The second kappa shape index (κ2) is 9.12. The number of carbonyl (C=O) groups is 2. The summed E-state index contributed by atoms with van der Waals surface area (Å²) in [5.74, 6) is 0.361. The number of carboxylic acids is 1. The molecule has 1 aromatic rings. The molecule has 2 amide bonds. The molecule has 0 atom stereocenters. The van der Waals surface area contributed by atoms with Crippen molar-refractivity contribution in [3.63, 3.8) is 0 Å². The zero-order valence-electron chi connectivity index (χ0n) is 13.9. The summed E-state index contributed by atoms with van der Waals surface area (Å²) < 4.78 is 11.1. The number of carboxylic acid groups (broad SMARTS) is 1. The molecular formula is C17H24N2O5. The lowest BCUT2D eigenvalue weighted by atomic mass is 10.0. The monoisotopic (exact) mass is 336 g/mol. The Bertz CT molecular complexity index is 540. The van der Waals surface area contributed by atoms with Crippen molar-refractivity contribution < 1.29 is 24.2 Å². The molecule has 2 rings (SSSR count). The molecule has 0 aromatic heterocycles. The molecule has 24 heavy (non-hydrogen) atoms. The molecule has 0 spiro atoms. The van der Waals surface area contributed by atoms with Gasteiger partial charge in [-0.25, -0.2) is 4.79 Å². The minimum Gasteiger partial charge on any atom is -0.493 e. The fraction of sp³-hybridized carbons (Fsp3) is 0.529. The van der Waals surface area contributed by atoms with Crippen LogP contribution in [0.15, 0.2) is 24.3 Å². The molecule has 1 heterocycles. The molecule has 1 aliphatic heterocycles. The molecular weight excluding hydrogens is 312 g/mol. The van der Waals surface area contributed by atoms with Gasteiger partial charge >= 0.3 is 12.0 Å². The van der Waals surface area contributed by atoms with Crippen LogP contribution in [-0.4, -0.2) is 55.4 Å². The first-order chi connectivity index (χ1) is 11.5. The Morgan fingerprint density at radius 1 is 1.29 bits per heavy atom. The van der Waals surface area contributed by atoms with Crippen molar-refractivity contribution in [2.24, 2.45) is 5.92 Å². The number of anilines is 1. The van der Waals surface area contributed by atoms with Gasteiger partial charge in [-0.05, 0) is 43.0 Å². The van der Waals surface area contributed by atoms with Crippen LogP contribution < -0.4 is 10.1 Å². The Morgan fingerprint density at radius 3 is 2.58 bits per heavy atom. The Labute approximate surface area is 141 Å². The number of hydrogen-bond acceptors (Lipinski definition) is 4. The first-order valence-corrected chi connectivity index (χ1v) is 8.09. The van der Waals surface area contributed by atoms with Crippen molar-refractivity contribution in [3.05, 3.63) is 24.3 Å². The molecule has 1 aromatic carbocycles. The summed E-state index contributed by atoms with van der Waals surface area (Å²) in [7, 11) is 1.56. The minimum atomic E-state index is -0.930. The van der Waals surface area contributed by atoms with Gasteiger partial charge in [-0.3, -0.25) is 4.79 Å². The van der Waals surface area contributed by atoms with Gasteiger partial charge in [-0.2, -0.15) is 0 Å². The average Bonchev–Trinajstić information content (AvgIpc) is 2.60. The molecule has 7 heteroatoms. The topological polar surface area (TPSA) is 88.1 Å². The van der Waals surface area contributed by atoms with Gasteiger partial charge in [0.15, 0.2) is 0 Å². The van der Waals surface area contributed by atoms with E-state index in [9.17, 15) is 9.59 Å². The first kappa shape index (κ1) is 18.1. The third-order valence-corrected chi connectivity index (χ3v) is 3.94. The zero-order chi connectivity index (χ0) is 17.4. The van der Waals surface area contributed by atoms with Crippen molar-refractivity contribution in [1.82, 2.24) is 4.90 Å². The third kappa shape index (κ3) is 6.08. The number of amides is 2. The molecule has 0 bridgehead atoms. The van der Waals surface area contributed by atoms with Crippen molar-refractivity contribution in [3.8, 4) is 5.75 Å². The second-order valence-corrected chi connectivity index (χ2v) is 5.89. The van der Waals surface area contributed by atoms with Crippen LogP contribution in [0.3, 0.4) is 0 Å². The number of ether oxygens (including phenoxy) is 2. The van der Waals surface area contributed by atoms with Gasteiger partial charge in [-0.1, -0.05) is 0 Å². The fourth-order valence-electron chi connectivity index (χ4n) is 2.35. The van der Waals surface area contributed by atoms with Crippen LogP contribution >= 0.6 is 0 Å². The number of rotatable bonds is 7. The lowest BCUT2D eigenvalue weighted by Crippen LogP contribution is -2.33. The maximum Gasteiger partial charge on any atom is 0.321 e. The van der Waals surface area contributed by atoms with Crippen molar-refractivity contribution in [2.45, 2.75) is 19.3 Å². The molecule has 0 saturated carbocycles. The van der Waals surface area contributed by atoms with Crippen LogP contribution in [0.5, 0.6) is 5.75 Å². The van der Waals surface area contributed by atoms with E-state index in [2.05, 4.69) is 5.32 Å². The molecule has 1 saturated heterocycles. The number of benzene rings is 1. The van der Waals surface area contributed by atoms with Crippen LogP contribution in [0, 0.1) is 5.92 Å². The smallest absolute Gasteiger partial charge is 0.321 e. The van der Waals surface area contributed by atoms with E-state index in [0.29, 0.717) is 18.2 Å².